The highest BCUT2D eigenvalue weighted by molar-refractivity contribution is 14.1. The largest absolute Gasteiger partial charge is 0.461 e. The van der Waals surface area contributed by atoms with E-state index in [4.69, 9.17) is 83.8 Å². The maximum Gasteiger partial charge on any atom is 0.358 e. The number of aliphatic hydroxyl groups is 1. The number of carbonyl (C=O) groups excluding carboxylic acids is 3. The quantitative estimate of drug-likeness (QED) is 0.0482. The topological polar surface area (TPSA) is 153 Å². The molecule has 9 aromatic rings. The molecule has 0 aliphatic heterocycles. The van der Waals surface area contributed by atoms with Crippen molar-refractivity contribution in [1.82, 2.24) is 28.7 Å². The van der Waals surface area contributed by atoms with E-state index >= 15 is 0 Å². The molecule has 0 atom stereocenters. The molecule has 0 spiro atoms. The van der Waals surface area contributed by atoms with Gasteiger partial charge in [0.05, 0.1) is 58.6 Å². The van der Waals surface area contributed by atoms with Crippen LogP contribution in [0.15, 0.2) is 127 Å². The van der Waals surface area contributed by atoms with E-state index in [0.29, 0.717) is 86.7 Å². The summed E-state index contributed by atoms with van der Waals surface area (Å²) in [5.74, 6) is 0.00840. The van der Waals surface area contributed by atoms with E-state index in [-0.39, 0.29) is 36.9 Å². The van der Waals surface area contributed by atoms with Crippen molar-refractivity contribution in [3.05, 3.63) is 202 Å². The molecule has 3 aromatic heterocycles. The summed E-state index contributed by atoms with van der Waals surface area (Å²) in [5.41, 5.74) is 6.73. The standard InChI is InChI=1S/C19H14BrCl2IN2O2.C19H15Cl2IN2O3.C19H15Cl2IN2O2/c1-2-27-19(26)17-16(10-20)25(13-6-4-12(23)5-7-13)18(24-17)14-8-3-11(21)9-15(14)22;1-2-27-19(26)17-16(10-25)24(13-6-4-12(22)5-7-13)18(23-17)14-8-3-11(20)9-15(14)21;1-3-26-19(25)17-11(2)24(14-7-5-13(22)6-8-14)18(23-17)15-9-4-12(20)10-16(15)21/h3-9H,2,10H2,1H3;3-9,25H,2,10H2,1H3;4-10H,3H2,1-2H3. The number of imidazole rings is 3. The number of halogens is 10. The first kappa shape index (κ1) is 63.3. The highest BCUT2D eigenvalue weighted by Gasteiger charge is 2.28. The van der Waals surface area contributed by atoms with Crippen molar-refractivity contribution in [2.45, 2.75) is 39.6 Å². The number of carbonyl (C=O) groups is 3. The van der Waals surface area contributed by atoms with Crippen molar-refractivity contribution in [3.8, 4) is 51.2 Å². The van der Waals surface area contributed by atoms with Crippen LogP contribution in [0, 0.1) is 17.6 Å². The van der Waals surface area contributed by atoms with E-state index in [0.717, 1.165) is 27.8 Å². The average molecular weight is 1600 g/mol. The molecule has 0 amide bonds. The van der Waals surface area contributed by atoms with Crippen LogP contribution in [0.25, 0.3) is 51.2 Å². The van der Waals surface area contributed by atoms with Crippen molar-refractivity contribution in [1.29, 1.82) is 0 Å². The molecule has 414 valence electrons. The van der Waals surface area contributed by atoms with Gasteiger partial charge in [0.15, 0.2) is 17.1 Å². The van der Waals surface area contributed by atoms with Crippen LogP contribution in [0.5, 0.6) is 0 Å². The Hall–Kier alpha value is -4.27. The van der Waals surface area contributed by atoms with Gasteiger partial charge in [0, 0.05) is 64.9 Å². The van der Waals surface area contributed by atoms with E-state index in [1.165, 1.54) is 0 Å². The Labute approximate surface area is 540 Å². The normalized spacial score (nSPS) is 10.8. The minimum absolute atomic E-state index is 0.0546. The molecule has 23 heteroatoms. The van der Waals surface area contributed by atoms with E-state index in [1.807, 2.05) is 88.9 Å². The number of alkyl halides is 1. The molecule has 0 bridgehead atoms. The average Bonchev–Trinajstić information content (AvgIpc) is 4.14. The second-order valence-electron chi connectivity index (χ2n) is 16.6. The van der Waals surface area contributed by atoms with Gasteiger partial charge in [-0.25, -0.2) is 29.3 Å². The molecular formula is C57H44BrCl6I3N6O7. The smallest absolute Gasteiger partial charge is 0.358 e. The SMILES string of the molecule is CCOC(=O)c1nc(-c2ccc(Cl)cc2Cl)n(-c2ccc(I)cc2)c1C.CCOC(=O)c1nc(-c2ccc(Cl)cc2Cl)n(-c2ccc(I)cc2)c1CBr.CCOC(=O)c1nc(-c2ccc(Cl)cc2Cl)n(-c2ccc(I)cc2)c1CO. The molecule has 3 heterocycles. The minimum Gasteiger partial charge on any atom is -0.461 e. The van der Waals surface area contributed by atoms with Crippen molar-refractivity contribution in [3.63, 3.8) is 0 Å². The highest BCUT2D eigenvalue weighted by atomic mass is 127. The van der Waals surface area contributed by atoms with Gasteiger partial charge in [-0.1, -0.05) is 85.5 Å². The van der Waals surface area contributed by atoms with Gasteiger partial charge in [-0.15, -0.1) is 0 Å². The Morgan fingerprint density at radius 3 is 1.10 bits per heavy atom. The van der Waals surface area contributed by atoms with Gasteiger partial charge in [0.25, 0.3) is 0 Å². The molecule has 0 aliphatic carbocycles. The molecular weight excluding hydrogens is 1550 g/mol. The number of ether oxygens (including phenoxy) is 3. The van der Waals surface area contributed by atoms with Crippen LogP contribution in [-0.2, 0) is 26.1 Å². The maximum atomic E-state index is 12.5. The van der Waals surface area contributed by atoms with Gasteiger partial charge < -0.3 is 19.3 Å². The number of aliphatic hydroxyl groups excluding tert-OH is 1. The lowest BCUT2D eigenvalue weighted by Crippen LogP contribution is -2.10. The Morgan fingerprint density at radius 1 is 0.475 bits per heavy atom. The van der Waals surface area contributed by atoms with Crippen LogP contribution in [0.3, 0.4) is 0 Å². The van der Waals surface area contributed by atoms with E-state index in [2.05, 4.69) is 98.7 Å². The van der Waals surface area contributed by atoms with Gasteiger partial charge >= 0.3 is 17.9 Å². The monoisotopic (exact) mass is 1590 g/mol. The third-order valence-corrected chi connectivity index (χ3v) is 15.8. The Morgan fingerprint density at radius 2 is 0.775 bits per heavy atom. The second kappa shape index (κ2) is 29.3. The predicted molar refractivity (Wildman–Crippen MR) is 346 cm³/mol. The number of hydrogen-bond donors (Lipinski definition) is 1. The third-order valence-electron chi connectivity index (χ3n) is 11.5. The zero-order chi connectivity index (χ0) is 57.9. The number of benzene rings is 6. The molecule has 0 aliphatic rings. The lowest BCUT2D eigenvalue weighted by atomic mass is 10.2. The fourth-order valence-electron chi connectivity index (χ4n) is 7.99. The molecule has 0 radical (unpaired) electrons. The summed E-state index contributed by atoms with van der Waals surface area (Å²) >= 11 is 47.4. The summed E-state index contributed by atoms with van der Waals surface area (Å²) in [6.45, 7) is 7.45. The summed E-state index contributed by atoms with van der Waals surface area (Å²) in [6.07, 6.45) is 0. The molecule has 1 N–H and O–H groups in total. The molecule has 9 rings (SSSR count). The van der Waals surface area contributed by atoms with Gasteiger partial charge in [-0.3, -0.25) is 13.7 Å². The Bertz CT molecular complexity index is 3550. The lowest BCUT2D eigenvalue weighted by Gasteiger charge is -2.12. The predicted octanol–water partition coefficient (Wildman–Crippen LogP) is 17.6. The number of hydrogen-bond acceptors (Lipinski definition) is 10. The highest BCUT2D eigenvalue weighted by Crippen LogP contribution is 2.37. The van der Waals surface area contributed by atoms with E-state index in [1.54, 1.807) is 79.9 Å². The third kappa shape index (κ3) is 14.9. The van der Waals surface area contributed by atoms with Crippen LogP contribution in [0.1, 0.15) is 69.3 Å². The van der Waals surface area contributed by atoms with Crippen molar-refractivity contribution >= 4 is 171 Å². The Kier molecular flexibility index (Phi) is 23.2. The van der Waals surface area contributed by atoms with Crippen LogP contribution in [0.2, 0.25) is 30.1 Å². The van der Waals surface area contributed by atoms with Gasteiger partial charge in [-0.2, -0.15) is 0 Å². The molecule has 0 saturated carbocycles. The minimum atomic E-state index is -0.600. The molecule has 0 unspecified atom stereocenters. The summed E-state index contributed by atoms with van der Waals surface area (Å²) in [6, 6.07) is 38.9. The van der Waals surface area contributed by atoms with E-state index < -0.39 is 24.5 Å². The lowest BCUT2D eigenvalue weighted by molar-refractivity contribution is 0.0507. The fourth-order valence-corrected chi connectivity index (χ4v) is 11.1. The molecule has 13 nitrogen and oxygen atoms in total. The summed E-state index contributed by atoms with van der Waals surface area (Å²) in [5, 5.41) is 13.3. The molecule has 6 aromatic carbocycles. The second-order valence-corrected chi connectivity index (χ2v) is 23.4. The van der Waals surface area contributed by atoms with Crippen LogP contribution in [0.4, 0.5) is 0 Å². The summed E-state index contributed by atoms with van der Waals surface area (Å²) in [4.78, 5) is 50.8. The number of aromatic nitrogens is 6. The zero-order valence-corrected chi connectivity index (χ0v) is 55.1. The number of nitrogens with zero attached hydrogens (tertiary/aromatic N) is 6. The molecule has 80 heavy (non-hydrogen) atoms. The van der Waals surface area contributed by atoms with Crippen LogP contribution in [-0.4, -0.2) is 71.5 Å². The Balaban J connectivity index is 0.000000173. The van der Waals surface area contributed by atoms with Crippen LogP contribution >= 0.6 is 153 Å². The summed E-state index contributed by atoms with van der Waals surface area (Å²) < 4.78 is 24.2. The fraction of sp³-hybridized carbons (Fsp3) is 0.158. The summed E-state index contributed by atoms with van der Waals surface area (Å²) in [7, 11) is 0. The first-order valence-electron chi connectivity index (χ1n) is 24.0. The number of esters is 3. The zero-order valence-electron chi connectivity index (χ0n) is 42.5. The van der Waals surface area contributed by atoms with E-state index in [9.17, 15) is 19.5 Å². The molecule has 0 saturated heterocycles. The first-order valence-corrected chi connectivity index (χ1v) is 30.6. The van der Waals surface area contributed by atoms with Gasteiger partial charge in [0.1, 0.15) is 17.5 Å². The van der Waals surface area contributed by atoms with Gasteiger partial charge in [0.2, 0.25) is 0 Å². The van der Waals surface area contributed by atoms with Crippen molar-refractivity contribution < 1.29 is 33.7 Å². The van der Waals surface area contributed by atoms with Crippen molar-refractivity contribution in [2.75, 3.05) is 19.8 Å². The van der Waals surface area contributed by atoms with Crippen molar-refractivity contribution in [2.24, 2.45) is 0 Å². The van der Waals surface area contributed by atoms with Gasteiger partial charge in [-0.05, 0) is 223 Å². The maximum absolute atomic E-state index is 12.5. The molecule has 0 fully saturated rings. The van der Waals surface area contributed by atoms with Crippen LogP contribution < -0.4 is 0 Å². The number of rotatable bonds is 14. The first-order chi connectivity index (χ1) is 38.3.